The van der Waals surface area contributed by atoms with Gasteiger partial charge in [0.1, 0.15) is 10.6 Å². The first kappa shape index (κ1) is 18.6. The Hall–Kier alpha value is -2.22. The van der Waals surface area contributed by atoms with Crippen LogP contribution in [0.1, 0.15) is 17.4 Å². The zero-order valence-electron chi connectivity index (χ0n) is 14.8. The minimum atomic E-state index is -0.800. The molecule has 0 amide bonds. The molecule has 0 aliphatic carbocycles. The van der Waals surface area contributed by atoms with E-state index in [0.29, 0.717) is 12.0 Å². The van der Waals surface area contributed by atoms with E-state index in [4.69, 9.17) is 9.47 Å². The number of rotatable bonds is 8. The Kier molecular flexibility index (Phi) is 6.03. The van der Waals surface area contributed by atoms with Crippen LogP contribution in [0.5, 0.6) is 5.75 Å². The van der Waals surface area contributed by atoms with Crippen molar-refractivity contribution >= 4 is 21.6 Å². The summed E-state index contributed by atoms with van der Waals surface area (Å²) in [5, 5.41) is 10.8. The van der Waals surface area contributed by atoms with Crippen LogP contribution in [0.25, 0.3) is 10.2 Å². The molecular weight excluding hydrogens is 352 g/mol. The summed E-state index contributed by atoms with van der Waals surface area (Å²) in [6.07, 6.45) is 1.56. The quantitative estimate of drug-likeness (QED) is 0.656. The van der Waals surface area contributed by atoms with Crippen LogP contribution in [0.4, 0.5) is 0 Å². The summed E-state index contributed by atoms with van der Waals surface area (Å²) in [6.45, 7) is 2.64. The van der Waals surface area contributed by atoms with Crippen molar-refractivity contribution in [1.29, 1.82) is 0 Å². The van der Waals surface area contributed by atoms with Crippen LogP contribution in [-0.2, 0) is 24.3 Å². The third-order valence-corrected chi connectivity index (χ3v) is 5.27. The minimum Gasteiger partial charge on any atom is -0.496 e. The average molecular weight is 374 g/mol. The van der Waals surface area contributed by atoms with E-state index < -0.39 is 6.10 Å². The van der Waals surface area contributed by atoms with Crippen LogP contribution in [0.2, 0.25) is 0 Å². The van der Waals surface area contributed by atoms with Crippen LogP contribution >= 0.6 is 11.3 Å². The van der Waals surface area contributed by atoms with Gasteiger partial charge >= 0.3 is 0 Å². The maximum absolute atomic E-state index is 12.5. The van der Waals surface area contributed by atoms with E-state index >= 15 is 0 Å². The van der Waals surface area contributed by atoms with Crippen molar-refractivity contribution in [3.05, 3.63) is 57.5 Å². The first-order valence-electron chi connectivity index (χ1n) is 8.48. The van der Waals surface area contributed by atoms with Crippen molar-refractivity contribution in [2.75, 3.05) is 13.7 Å². The smallest absolute Gasteiger partial charge is 0.262 e. The molecule has 1 N–H and O–H groups in total. The maximum Gasteiger partial charge on any atom is 0.262 e. The third kappa shape index (κ3) is 4.12. The van der Waals surface area contributed by atoms with E-state index in [1.54, 1.807) is 7.11 Å². The van der Waals surface area contributed by atoms with E-state index in [-0.39, 0.29) is 18.7 Å². The fraction of sp³-hybridized carbons (Fsp3) is 0.368. The van der Waals surface area contributed by atoms with Gasteiger partial charge in [-0.1, -0.05) is 25.1 Å². The van der Waals surface area contributed by atoms with Crippen molar-refractivity contribution in [3.8, 4) is 5.75 Å². The van der Waals surface area contributed by atoms with E-state index in [0.717, 1.165) is 27.4 Å². The highest BCUT2D eigenvalue weighted by Crippen LogP contribution is 2.21. The summed E-state index contributed by atoms with van der Waals surface area (Å²) >= 11 is 1.53. The molecular formula is C19H22N2O4S. The van der Waals surface area contributed by atoms with Crippen LogP contribution in [0, 0.1) is 0 Å². The minimum absolute atomic E-state index is 0.117. The Labute approximate surface area is 155 Å². The fourth-order valence-corrected chi connectivity index (χ4v) is 3.65. The number of methoxy groups -OCH3 is 1. The summed E-state index contributed by atoms with van der Waals surface area (Å²) in [4.78, 5) is 18.7. The van der Waals surface area contributed by atoms with Gasteiger partial charge in [-0.2, -0.15) is 0 Å². The Morgan fingerprint density at radius 3 is 2.92 bits per heavy atom. The van der Waals surface area contributed by atoms with Crippen LogP contribution in [0.3, 0.4) is 0 Å². The molecule has 26 heavy (non-hydrogen) atoms. The summed E-state index contributed by atoms with van der Waals surface area (Å²) in [7, 11) is 1.61. The Bertz CT molecular complexity index is 935. The molecule has 138 valence electrons. The highest BCUT2D eigenvalue weighted by atomic mass is 32.1. The van der Waals surface area contributed by atoms with E-state index in [9.17, 15) is 9.90 Å². The second-order valence-electron chi connectivity index (χ2n) is 5.97. The molecule has 2 heterocycles. The average Bonchev–Trinajstić information content (AvgIpc) is 3.09. The van der Waals surface area contributed by atoms with Gasteiger partial charge in [-0.15, -0.1) is 11.3 Å². The number of aryl methyl sites for hydroxylation is 1. The molecule has 6 nitrogen and oxygen atoms in total. The summed E-state index contributed by atoms with van der Waals surface area (Å²) < 4.78 is 12.3. The molecule has 0 saturated carbocycles. The van der Waals surface area contributed by atoms with Gasteiger partial charge in [0.2, 0.25) is 0 Å². The summed E-state index contributed by atoms with van der Waals surface area (Å²) in [5.74, 6) is 0.747. The SMILES string of the molecule is CCc1cc2c(=O)n(CC(O)COCc3ccccc3OC)cnc2s1. The topological polar surface area (TPSA) is 73.6 Å². The van der Waals surface area contributed by atoms with Gasteiger partial charge in [0.05, 0.1) is 44.7 Å². The van der Waals surface area contributed by atoms with Crippen LogP contribution in [0.15, 0.2) is 41.5 Å². The van der Waals surface area contributed by atoms with Gasteiger partial charge < -0.3 is 14.6 Å². The largest absolute Gasteiger partial charge is 0.496 e. The Morgan fingerprint density at radius 2 is 2.15 bits per heavy atom. The molecule has 2 aromatic heterocycles. The van der Waals surface area contributed by atoms with Gasteiger partial charge in [-0.05, 0) is 18.6 Å². The zero-order chi connectivity index (χ0) is 18.5. The molecule has 1 atom stereocenters. The number of ether oxygens (including phenoxy) is 2. The molecule has 0 spiro atoms. The number of hydrogen-bond acceptors (Lipinski definition) is 6. The highest BCUT2D eigenvalue weighted by Gasteiger charge is 2.12. The lowest BCUT2D eigenvalue weighted by Gasteiger charge is -2.14. The lowest BCUT2D eigenvalue weighted by atomic mass is 10.2. The number of nitrogens with zero attached hydrogens (tertiary/aromatic N) is 2. The lowest BCUT2D eigenvalue weighted by molar-refractivity contribution is 0.0192. The van der Waals surface area contributed by atoms with Gasteiger partial charge in [-0.3, -0.25) is 9.36 Å². The molecule has 1 aromatic carbocycles. The number of para-hydroxylation sites is 1. The second-order valence-corrected chi connectivity index (χ2v) is 7.08. The predicted octanol–water partition coefficient (Wildman–Crippen LogP) is 2.61. The van der Waals surface area contributed by atoms with Crippen molar-refractivity contribution < 1.29 is 14.6 Å². The van der Waals surface area contributed by atoms with Crippen molar-refractivity contribution in [1.82, 2.24) is 9.55 Å². The van der Waals surface area contributed by atoms with Crippen molar-refractivity contribution in [2.24, 2.45) is 0 Å². The molecule has 0 aliphatic rings. The lowest BCUT2D eigenvalue weighted by Crippen LogP contribution is -2.29. The maximum atomic E-state index is 12.5. The predicted molar refractivity (Wildman–Crippen MR) is 102 cm³/mol. The normalized spacial score (nSPS) is 12.4. The molecule has 0 radical (unpaired) electrons. The van der Waals surface area contributed by atoms with Crippen molar-refractivity contribution in [2.45, 2.75) is 32.6 Å². The van der Waals surface area contributed by atoms with Crippen LogP contribution < -0.4 is 10.3 Å². The molecule has 0 aliphatic heterocycles. The first-order valence-corrected chi connectivity index (χ1v) is 9.29. The molecule has 3 rings (SSSR count). The number of fused-ring (bicyclic) bond motifs is 1. The van der Waals surface area contributed by atoms with Crippen LogP contribution in [-0.4, -0.2) is 34.5 Å². The Balaban J connectivity index is 1.61. The second kappa shape index (κ2) is 8.44. The van der Waals surface area contributed by atoms with E-state index in [1.165, 1.54) is 22.2 Å². The molecule has 7 heteroatoms. The van der Waals surface area contributed by atoms with Gasteiger partial charge in [0, 0.05) is 10.4 Å². The van der Waals surface area contributed by atoms with Gasteiger partial charge in [0.25, 0.3) is 5.56 Å². The highest BCUT2D eigenvalue weighted by molar-refractivity contribution is 7.18. The summed E-state index contributed by atoms with van der Waals surface area (Å²) in [6, 6.07) is 9.46. The number of aliphatic hydroxyl groups is 1. The molecule has 0 fully saturated rings. The number of aliphatic hydroxyl groups excluding tert-OH is 1. The fourth-order valence-electron chi connectivity index (χ4n) is 2.72. The summed E-state index contributed by atoms with van der Waals surface area (Å²) in [5.41, 5.74) is 0.780. The van der Waals surface area contributed by atoms with Gasteiger partial charge in [0.15, 0.2) is 0 Å². The van der Waals surface area contributed by atoms with Gasteiger partial charge in [-0.25, -0.2) is 4.98 Å². The number of thiophene rings is 1. The molecule has 0 saturated heterocycles. The zero-order valence-corrected chi connectivity index (χ0v) is 15.7. The third-order valence-electron chi connectivity index (χ3n) is 4.09. The molecule has 3 aromatic rings. The standard InChI is InChI=1S/C19H22N2O4S/c1-3-15-8-16-18(26-15)20-12-21(19(16)23)9-14(22)11-25-10-13-6-4-5-7-17(13)24-2/h4-8,12,14,22H,3,9-11H2,1-2H3. The monoisotopic (exact) mass is 374 g/mol. The first-order chi connectivity index (χ1) is 12.6. The molecule has 1 unspecified atom stereocenters. The Morgan fingerprint density at radius 1 is 1.35 bits per heavy atom. The van der Waals surface area contributed by atoms with E-state index in [1.807, 2.05) is 37.3 Å². The molecule has 0 bridgehead atoms. The van der Waals surface area contributed by atoms with Crippen molar-refractivity contribution in [3.63, 3.8) is 0 Å². The number of hydrogen-bond donors (Lipinski definition) is 1. The van der Waals surface area contributed by atoms with E-state index in [2.05, 4.69) is 4.98 Å². The number of aromatic nitrogens is 2. The number of benzene rings is 1.